The Morgan fingerprint density at radius 2 is 1.93 bits per heavy atom. The fraction of sp³-hybridized carbons (Fsp3) is 0.150. The molecule has 1 unspecified atom stereocenters. The van der Waals surface area contributed by atoms with Crippen molar-refractivity contribution in [3.63, 3.8) is 0 Å². The van der Waals surface area contributed by atoms with E-state index in [1.165, 1.54) is 0 Å². The van der Waals surface area contributed by atoms with Gasteiger partial charge in [0, 0.05) is 18.0 Å². The second kappa shape index (κ2) is 8.51. The minimum Gasteiger partial charge on any atom is -0.449 e. The van der Waals surface area contributed by atoms with Gasteiger partial charge in [-0.1, -0.05) is 42.8 Å². The molecule has 0 saturated heterocycles. The molecular weight excluding hydrogens is 366 g/mol. The number of esters is 1. The summed E-state index contributed by atoms with van der Waals surface area (Å²) in [6.45, 7) is 1.77. The maximum Gasteiger partial charge on any atom is 0.338 e. The van der Waals surface area contributed by atoms with E-state index in [-0.39, 0.29) is 0 Å². The number of imidazole rings is 1. The van der Waals surface area contributed by atoms with E-state index in [2.05, 4.69) is 15.3 Å². The van der Waals surface area contributed by atoms with Gasteiger partial charge in [0.05, 0.1) is 16.3 Å². The third-order valence-corrected chi connectivity index (χ3v) is 4.27. The van der Waals surface area contributed by atoms with Gasteiger partial charge in [0.25, 0.3) is 5.91 Å². The maximum atomic E-state index is 12.4. The van der Waals surface area contributed by atoms with E-state index in [1.54, 1.807) is 67.8 Å². The molecule has 0 aliphatic heterocycles. The van der Waals surface area contributed by atoms with Crippen LogP contribution in [0.3, 0.4) is 0 Å². The molecule has 0 bridgehead atoms. The number of hydrogen-bond donors (Lipinski definition) is 2. The lowest BCUT2D eigenvalue weighted by molar-refractivity contribution is -0.124. The van der Waals surface area contributed by atoms with Crippen LogP contribution in [0.2, 0.25) is 5.02 Å². The first kappa shape index (κ1) is 18.7. The summed E-state index contributed by atoms with van der Waals surface area (Å²) in [5.41, 5.74) is 1.68. The molecule has 6 nitrogen and oxygen atoms in total. The number of benzene rings is 2. The summed E-state index contributed by atoms with van der Waals surface area (Å²) in [6.07, 6.45) is 2.80. The van der Waals surface area contributed by atoms with Crippen molar-refractivity contribution in [3.05, 3.63) is 71.5 Å². The predicted octanol–water partition coefficient (Wildman–Crippen LogP) is 4.30. The molecule has 7 heteroatoms. The highest BCUT2D eigenvalue weighted by molar-refractivity contribution is 6.33. The molecule has 0 spiro atoms. The van der Waals surface area contributed by atoms with Crippen molar-refractivity contribution in [2.45, 2.75) is 19.4 Å². The van der Waals surface area contributed by atoms with Crippen LogP contribution in [0.1, 0.15) is 23.7 Å². The van der Waals surface area contributed by atoms with Gasteiger partial charge in [-0.05, 0) is 30.7 Å². The van der Waals surface area contributed by atoms with Gasteiger partial charge in [-0.2, -0.15) is 0 Å². The van der Waals surface area contributed by atoms with E-state index in [0.717, 1.165) is 5.56 Å². The number of carbonyl (C=O) groups excluding carboxylic acids is 2. The maximum absolute atomic E-state index is 12.4. The van der Waals surface area contributed by atoms with Crippen LogP contribution >= 0.6 is 11.6 Å². The zero-order chi connectivity index (χ0) is 19.2. The number of nitrogens with zero attached hydrogens (tertiary/aromatic N) is 1. The van der Waals surface area contributed by atoms with Crippen molar-refractivity contribution in [2.75, 3.05) is 5.32 Å². The highest BCUT2D eigenvalue weighted by Crippen LogP contribution is 2.21. The number of hydrogen-bond acceptors (Lipinski definition) is 4. The molecular formula is C20H18ClN3O3. The van der Waals surface area contributed by atoms with Gasteiger partial charge in [0.15, 0.2) is 6.10 Å². The number of anilines is 1. The standard InChI is InChI=1S/C20H18ClN3O3/c1-2-17(19(25)24-16-6-4-3-5-15(16)21)27-20(26)14-9-7-13(8-10-14)18-22-11-12-23-18/h3-12,17H,2H2,1H3,(H,22,23)(H,24,25). The van der Waals surface area contributed by atoms with Crippen LogP contribution in [0, 0.1) is 0 Å². The molecule has 1 amide bonds. The Morgan fingerprint density at radius 1 is 1.19 bits per heavy atom. The number of H-pyrrole nitrogens is 1. The van der Waals surface area contributed by atoms with Crippen molar-refractivity contribution in [3.8, 4) is 11.4 Å². The molecule has 0 fully saturated rings. The quantitative estimate of drug-likeness (QED) is 0.621. The van der Waals surface area contributed by atoms with E-state index in [4.69, 9.17) is 16.3 Å². The lowest BCUT2D eigenvalue weighted by atomic mass is 10.1. The Morgan fingerprint density at radius 3 is 2.56 bits per heavy atom. The van der Waals surface area contributed by atoms with Gasteiger partial charge in [0.1, 0.15) is 5.82 Å². The van der Waals surface area contributed by atoms with Crippen molar-refractivity contribution in [1.82, 2.24) is 9.97 Å². The molecule has 3 aromatic rings. The zero-order valence-electron chi connectivity index (χ0n) is 14.6. The zero-order valence-corrected chi connectivity index (χ0v) is 15.4. The van der Waals surface area contributed by atoms with Crippen molar-refractivity contribution in [2.24, 2.45) is 0 Å². The topological polar surface area (TPSA) is 84.1 Å². The molecule has 3 rings (SSSR count). The van der Waals surface area contributed by atoms with Gasteiger partial charge < -0.3 is 15.0 Å². The molecule has 138 valence electrons. The lowest BCUT2D eigenvalue weighted by Gasteiger charge is -2.16. The largest absolute Gasteiger partial charge is 0.449 e. The van der Waals surface area contributed by atoms with Crippen molar-refractivity contribution >= 4 is 29.2 Å². The first-order chi connectivity index (χ1) is 13.1. The molecule has 1 atom stereocenters. The van der Waals surface area contributed by atoms with Gasteiger partial charge in [0.2, 0.25) is 0 Å². The van der Waals surface area contributed by atoms with E-state index in [1.807, 2.05) is 0 Å². The summed E-state index contributed by atoms with van der Waals surface area (Å²) in [7, 11) is 0. The average Bonchev–Trinajstić information content (AvgIpc) is 3.22. The van der Waals surface area contributed by atoms with Crippen molar-refractivity contribution < 1.29 is 14.3 Å². The Kier molecular flexibility index (Phi) is 5.88. The number of para-hydroxylation sites is 1. The number of aromatic amines is 1. The smallest absolute Gasteiger partial charge is 0.338 e. The monoisotopic (exact) mass is 383 g/mol. The number of ether oxygens (including phenoxy) is 1. The number of aromatic nitrogens is 2. The SMILES string of the molecule is CCC(OC(=O)c1ccc(-c2ncc[nH]2)cc1)C(=O)Nc1ccccc1Cl. The normalized spacial score (nSPS) is 11.6. The van der Waals surface area contributed by atoms with Gasteiger partial charge in [-0.15, -0.1) is 0 Å². The van der Waals surface area contributed by atoms with E-state index in [9.17, 15) is 9.59 Å². The summed E-state index contributed by atoms with van der Waals surface area (Å²) in [5, 5.41) is 3.10. The second-order valence-electron chi connectivity index (χ2n) is 5.79. The van der Waals surface area contributed by atoms with Crippen molar-refractivity contribution in [1.29, 1.82) is 0 Å². The number of halogens is 1. The number of amides is 1. The summed E-state index contributed by atoms with van der Waals surface area (Å²) in [6, 6.07) is 13.7. The summed E-state index contributed by atoms with van der Waals surface area (Å²) in [4.78, 5) is 31.9. The Labute approximate surface area is 161 Å². The number of carbonyl (C=O) groups is 2. The fourth-order valence-electron chi connectivity index (χ4n) is 2.48. The van der Waals surface area contributed by atoms with Crippen LogP contribution in [-0.4, -0.2) is 27.9 Å². The molecule has 0 aliphatic rings. The average molecular weight is 384 g/mol. The van der Waals surface area contributed by atoms with Gasteiger partial charge >= 0.3 is 5.97 Å². The van der Waals surface area contributed by atoms with Crippen LogP contribution in [0.15, 0.2) is 60.9 Å². The summed E-state index contributed by atoms with van der Waals surface area (Å²) >= 11 is 6.04. The van der Waals surface area contributed by atoms with Crippen LogP contribution in [0.4, 0.5) is 5.69 Å². The Bertz CT molecular complexity index is 924. The lowest BCUT2D eigenvalue weighted by Crippen LogP contribution is -2.32. The second-order valence-corrected chi connectivity index (χ2v) is 6.19. The minimum atomic E-state index is -0.918. The van der Waals surface area contributed by atoms with E-state index >= 15 is 0 Å². The highest BCUT2D eigenvalue weighted by atomic mass is 35.5. The molecule has 27 heavy (non-hydrogen) atoms. The summed E-state index contributed by atoms with van der Waals surface area (Å²) < 4.78 is 5.37. The minimum absolute atomic E-state index is 0.340. The van der Waals surface area contributed by atoms with Crippen LogP contribution in [-0.2, 0) is 9.53 Å². The highest BCUT2D eigenvalue weighted by Gasteiger charge is 2.22. The van der Waals surface area contributed by atoms with Crippen LogP contribution in [0.25, 0.3) is 11.4 Å². The first-order valence-electron chi connectivity index (χ1n) is 8.44. The van der Waals surface area contributed by atoms with Gasteiger partial charge in [-0.3, -0.25) is 4.79 Å². The molecule has 0 saturated carbocycles. The molecule has 0 aliphatic carbocycles. The number of rotatable bonds is 6. The molecule has 1 aromatic heterocycles. The Balaban J connectivity index is 1.66. The van der Waals surface area contributed by atoms with Crippen LogP contribution in [0.5, 0.6) is 0 Å². The van der Waals surface area contributed by atoms with E-state index < -0.39 is 18.0 Å². The summed E-state index contributed by atoms with van der Waals surface area (Å²) in [5.74, 6) is -0.284. The van der Waals surface area contributed by atoms with Gasteiger partial charge in [-0.25, -0.2) is 9.78 Å². The van der Waals surface area contributed by atoms with Crippen LogP contribution < -0.4 is 5.32 Å². The Hall–Kier alpha value is -3.12. The fourth-order valence-corrected chi connectivity index (χ4v) is 2.67. The molecule has 1 heterocycles. The molecule has 2 aromatic carbocycles. The first-order valence-corrected chi connectivity index (χ1v) is 8.82. The third kappa shape index (κ3) is 4.54. The van der Waals surface area contributed by atoms with E-state index in [0.29, 0.717) is 28.5 Å². The third-order valence-electron chi connectivity index (χ3n) is 3.94. The molecule has 2 N–H and O–H groups in total. The molecule has 0 radical (unpaired) electrons. The number of nitrogens with one attached hydrogen (secondary N) is 2. The predicted molar refractivity (Wildman–Crippen MR) is 104 cm³/mol.